The highest BCUT2D eigenvalue weighted by Crippen LogP contribution is 2.12. The summed E-state index contributed by atoms with van der Waals surface area (Å²) in [5.74, 6) is -0.205. The molecule has 0 unspecified atom stereocenters. The first kappa shape index (κ1) is 13.1. The minimum atomic E-state index is -0.353. The van der Waals surface area contributed by atoms with Gasteiger partial charge in [0.1, 0.15) is 6.61 Å². The molecule has 0 aliphatic carbocycles. The van der Waals surface area contributed by atoms with Crippen LogP contribution in [0, 0.1) is 0 Å². The summed E-state index contributed by atoms with van der Waals surface area (Å²) in [6.07, 6.45) is 1.51. The third-order valence-corrected chi connectivity index (χ3v) is 3.37. The molecule has 1 heterocycles. The van der Waals surface area contributed by atoms with Crippen LogP contribution in [0.15, 0.2) is 28.7 Å². The zero-order chi connectivity index (χ0) is 13.0. The van der Waals surface area contributed by atoms with Crippen LogP contribution in [0.1, 0.15) is 23.2 Å². The molecule has 0 bridgehead atoms. The van der Waals surface area contributed by atoms with E-state index in [1.54, 1.807) is 29.2 Å². The number of hydrogen-bond acceptors (Lipinski definition) is 3. The molecule has 2 rings (SSSR count). The molecule has 1 aromatic rings. The molecule has 0 N–H and O–H groups in total. The van der Waals surface area contributed by atoms with E-state index in [0.29, 0.717) is 18.5 Å². The molecule has 1 saturated heterocycles. The highest BCUT2D eigenvalue weighted by Gasteiger charge is 2.19. The number of halogens is 1. The largest absolute Gasteiger partial charge is 0.460 e. The molecular formula is C13H14BrNO3. The Balaban J connectivity index is 1.78. The SMILES string of the molecule is O=C(OCCN1CCCC1=O)c1ccc(Br)cc1. The first-order chi connectivity index (χ1) is 8.66. The Hall–Kier alpha value is -1.36. The van der Waals surface area contributed by atoms with Crippen LogP contribution in [-0.2, 0) is 9.53 Å². The van der Waals surface area contributed by atoms with Gasteiger partial charge in [-0.1, -0.05) is 15.9 Å². The number of likely N-dealkylation sites (tertiary alicyclic amines) is 1. The molecule has 96 valence electrons. The van der Waals surface area contributed by atoms with Crippen LogP contribution in [0.3, 0.4) is 0 Å². The van der Waals surface area contributed by atoms with Crippen molar-refractivity contribution in [1.82, 2.24) is 4.90 Å². The van der Waals surface area contributed by atoms with Crippen molar-refractivity contribution in [3.8, 4) is 0 Å². The first-order valence-corrected chi connectivity index (χ1v) is 6.66. The Labute approximate surface area is 114 Å². The molecule has 0 aromatic heterocycles. The molecule has 0 atom stereocenters. The van der Waals surface area contributed by atoms with Crippen LogP contribution >= 0.6 is 15.9 Å². The second kappa shape index (κ2) is 6.00. The van der Waals surface area contributed by atoms with Crippen molar-refractivity contribution in [2.45, 2.75) is 12.8 Å². The second-order valence-corrected chi connectivity index (χ2v) is 5.04. The van der Waals surface area contributed by atoms with E-state index in [1.807, 2.05) is 0 Å². The third-order valence-electron chi connectivity index (χ3n) is 2.85. The number of rotatable bonds is 4. The summed E-state index contributed by atoms with van der Waals surface area (Å²) in [7, 11) is 0. The Kier molecular flexibility index (Phi) is 4.36. The fraction of sp³-hybridized carbons (Fsp3) is 0.385. The van der Waals surface area contributed by atoms with Gasteiger partial charge in [-0.3, -0.25) is 4.79 Å². The molecule has 0 radical (unpaired) electrons. The van der Waals surface area contributed by atoms with Gasteiger partial charge in [-0.05, 0) is 30.7 Å². The van der Waals surface area contributed by atoms with Crippen molar-refractivity contribution in [3.63, 3.8) is 0 Å². The second-order valence-electron chi connectivity index (χ2n) is 4.13. The maximum absolute atomic E-state index is 11.7. The molecule has 1 aliphatic rings. The minimum absolute atomic E-state index is 0.148. The van der Waals surface area contributed by atoms with Gasteiger partial charge in [-0.2, -0.15) is 0 Å². The number of carbonyl (C=O) groups excluding carboxylic acids is 2. The number of benzene rings is 1. The van der Waals surface area contributed by atoms with Gasteiger partial charge >= 0.3 is 5.97 Å². The fourth-order valence-corrected chi connectivity index (χ4v) is 2.12. The van der Waals surface area contributed by atoms with Gasteiger partial charge in [-0.25, -0.2) is 4.79 Å². The van der Waals surface area contributed by atoms with E-state index in [4.69, 9.17) is 4.74 Å². The molecule has 1 aromatic carbocycles. The topological polar surface area (TPSA) is 46.6 Å². The van der Waals surface area contributed by atoms with Crippen molar-refractivity contribution < 1.29 is 14.3 Å². The molecule has 1 fully saturated rings. The lowest BCUT2D eigenvalue weighted by Crippen LogP contribution is -2.29. The maximum atomic E-state index is 11.7. The standard InChI is InChI=1S/C13H14BrNO3/c14-11-5-3-10(4-6-11)13(17)18-9-8-15-7-1-2-12(15)16/h3-6H,1-2,7-9H2. The Morgan fingerprint density at radius 2 is 2.06 bits per heavy atom. The van der Waals surface area contributed by atoms with E-state index < -0.39 is 0 Å². The zero-order valence-electron chi connectivity index (χ0n) is 9.89. The highest BCUT2D eigenvalue weighted by atomic mass is 79.9. The van der Waals surface area contributed by atoms with E-state index in [-0.39, 0.29) is 18.5 Å². The van der Waals surface area contributed by atoms with Crippen LogP contribution < -0.4 is 0 Å². The van der Waals surface area contributed by atoms with E-state index >= 15 is 0 Å². The van der Waals surface area contributed by atoms with Gasteiger partial charge in [0.25, 0.3) is 0 Å². The summed E-state index contributed by atoms with van der Waals surface area (Å²) in [6.45, 7) is 1.51. The van der Waals surface area contributed by atoms with Crippen LogP contribution in [0.5, 0.6) is 0 Å². The minimum Gasteiger partial charge on any atom is -0.460 e. The number of esters is 1. The average Bonchev–Trinajstić information content (AvgIpc) is 2.76. The van der Waals surface area contributed by atoms with Crippen LogP contribution in [0.25, 0.3) is 0 Å². The predicted octanol–water partition coefficient (Wildman–Crippen LogP) is 2.23. The number of amides is 1. The number of hydrogen-bond donors (Lipinski definition) is 0. The van der Waals surface area contributed by atoms with Crippen molar-refractivity contribution in [3.05, 3.63) is 34.3 Å². The van der Waals surface area contributed by atoms with E-state index in [9.17, 15) is 9.59 Å². The Morgan fingerprint density at radius 1 is 1.33 bits per heavy atom. The smallest absolute Gasteiger partial charge is 0.338 e. The average molecular weight is 312 g/mol. The molecule has 4 nitrogen and oxygen atoms in total. The van der Waals surface area contributed by atoms with Gasteiger partial charge < -0.3 is 9.64 Å². The van der Waals surface area contributed by atoms with E-state index in [1.165, 1.54) is 0 Å². The molecule has 18 heavy (non-hydrogen) atoms. The van der Waals surface area contributed by atoms with Gasteiger partial charge in [0, 0.05) is 17.4 Å². The molecular weight excluding hydrogens is 298 g/mol. The van der Waals surface area contributed by atoms with Crippen molar-refractivity contribution in [2.24, 2.45) is 0 Å². The highest BCUT2D eigenvalue weighted by molar-refractivity contribution is 9.10. The normalized spacial score (nSPS) is 14.9. The fourth-order valence-electron chi connectivity index (χ4n) is 1.86. The lowest BCUT2D eigenvalue weighted by molar-refractivity contribution is -0.128. The third kappa shape index (κ3) is 3.32. The number of carbonyl (C=O) groups is 2. The van der Waals surface area contributed by atoms with Crippen LogP contribution in [0.4, 0.5) is 0 Å². The number of nitrogens with zero attached hydrogens (tertiary/aromatic N) is 1. The molecule has 1 aliphatic heterocycles. The lowest BCUT2D eigenvalue weighted by Gasteiger charge is -2.15. The summed E-state index contributed by atoms with van der Waals surface area (Å²) < 4.78 is 6.05. The molecule has 1 amide bonds. The van der Waals surface area contributed by atoms with Crippen LogP contribution in [0.2, 0.25) is 0 Å². The summed E-state index contributed by atoms with van der Waals surface area (Å²) in [5.41, 5.74) is 0.519. The van der Waals surface area contributed by atoms with Gasteiger partial charge in [0.15, 0.2) is 0 Å². The zero-order valence-corrected chi connectivity index (χ0v) is 11.5. The van der Waals surface area contributed by atoms with Gasteiger partial charge in [-0.15, -0.1) is 0 Å². The maximum Gasteiger partial charge on any atom is 0.338 e. The van der Waals surface area contributed by atoms with Crippen molar-refractivity contribution in [2.75, 3.05) is 19.7 Å². The summed E-state index contributed by atoms with van der Waals surface area (Å²) in [4.78, 5) is 24.7. The quantitative estimate of drug-likeness (QED) is 0.801. The molecule has 0 saturated carbocycles. The van der Waals surface area contributed by atoms with Gasteiger partial charge in [0.05, 0.1) is 12.1 Å². The monoisotopic (exact) mass is 311 g/mol. The van der Waals surface area contributed by atoms with Crippen molar-refractivity contribution >= 4 is 27.8 Å². The Bertz CT molecular complexity index is 444. The van der Waals surface area contributed by atoms with Gasteiger partial charge in [0.2, 0.25) is 5.91 Å². The Morgan fingerprint density at radius 3 is 2.67 bits per heavy atom. The predicted molar refractivity (Wildman–Crippen MR) is 70.2 cm³/mol. The van der Waals surface area contributed by atoms with E-state index in [2.05, 4.69) is 15.9 Å². The summed E-state index contributed by atoms with van der Waals surface area (Å²) in [5, 5.41) is 0. The molecule has 0 spiro atoms. The van der Waals surface area contributed by atoms with E-state index in [0.717, 1.165) is 17.4 Å². The van der Waals surface area contributed by atoms with Crippen LogP contribution in [-0.4, -0.2) is 36.5 Å². The summed E-state index contributed by atoms with van der Waals surface area (Å²) in [6, 6.07) is 6.99. The number of ether oxygens (including phenoxy) is 1. The first-order valence-electron chi connectivity index (χ1n) is 5.87. The lowest BCUT2D eigenvalue weighted by atomic mass is 10.2. The van der Waals surface area contributed by atoms with Crippen molar-refractivity contribution in [1.29, 1.82) is 0 Å². The molecule has 5 heteroatoms. The summed E-state index contributed by atoms with van der Waals surface area (Å²) >= 11 is 3.30.